The summed E-state index contributed by atoms with van der Waals surface area (Å²) in [6, 6.07) is 6.38. The van der Waals surface area contributed by atoms with Gasteiger partial charge >= 0.3 is 0 Å². The number of Topliss-reactive ketones (excluding diaryl/α,β-unsaturated/α-hetero) is 1. The highest BCUT2D eigenvalue weighted by Crippen LogP contribution is 2.20. The molecule has 0 atom stereocenters. The number of carbonyl (C=O) groups is 1. The maximum atomic E-state index is 11.6. The molecular formula is C20H32O2. The highest BCUT2D eigenvalue weighted by atomic mass is 16.5. The molecule has 0 radical (unpaired) electrons. The molecule has 0 aromatic heterocycles. The summed E-state index contributed by atoms with van der Waals surface area (Å²) in [6.07, 6.45) is 5.07. The average molecular weight is 304 g/mol. The number of unbranched alkanes of at least 4 members (excludes halogenated alkanes) is 2. The Morgan fingerprint density at radius 3 is 2.45 bits per heavy atom. The normalized spacial score (nSPS) is 11.2. The molecule has 0 aliphatic carbocycles. The van der Waals surface area contributed by atoms with Crippen molar-refractivity contribution in [2.24, 2.45) is 11.8 Å². The van der Waals surface area contributed by atoms with E-state index < -0.39 is 0 Å². The Labute approximate surface area is 136 Å². The van der Waals surface area contributed by atoms with E-state index in [2.05, 4.69) is 39.0 Å². The van der Waals surface area contributed by atoms with Crippen molar-refractivity contribution < 1.29 is 9.53 Å². The summed E-state index contributed by atoms with van der Waals surface area (Å²) < 4.78 is 5.80. The van der Waals surface area contributed by atoms with Crippen LogP contribution in [0.15, 0.2) is 18.2 Å². The summed E-state index contributed by atoms with van der Waals surface area (Å²) in [5.41, 5.74) is 2.70. The molecule has 0 unspecified atom stereocenters. The zero-order valence-electron chi connectivity index (χ0n) is 14.9. The van der Waals surface area contributed by atoms with Crippen LogP contribution in [-0.4, -0.2) is 12.4 Å². The first-order chi connectivity index (χ1) is 10.4. The Bertz CT molecular complexity index is 461. The van der Waals surface area contributed by atoms with Gasteiger partial charge in [0.25, 0.3) is 0 Å². The van der Waals surface area contributed by atoms with Gasteiger partial charge in [0.05, 0.1) is 6.61 Å². The van der Waals surface area contributed by atoms with Gasteiger partial charge in [-0.05, 0) is 55.4 Å². The van der Waals surface area contributed by atoms with E-state index in [9.17, 15) is 4.79 Å². The third-order valence-corrected chi connectivity index (χ3v) is 3.92. The molecule has 2 nitrogen and oxygen atoms in total. The van der Waals surface area contributed by atoms with Gasteiger partial charge in [0.15, 0.2) is 0 Å². The van der Waals surface area contributed by atoms with Gasteiger partial charge in [-0.1, -0.05) is 40.2 Å². The van der Waals surface area contributed by atoms with Crippen LogP contribution in [0.3, 0.4) is 0 Å². The van der Waals surface area contributed by atoms with Crippen LogP contribution < -0.4 is 4.74 Å². The number of aryl methyl sites for hydroxylation is 2. The predicted octanol–water partition coefficient (Wildman–Crippen LogP) is 5.36. The second-order valence-electron chi connectivity index (χ2n) is 6.97. The molecule has 1 aromatic carbocycles. The van der Waals surface area contributed by atoms with Gasteiger partial charge in [-0.15, -0.1) is 0 Å². The van der Waals surface area contributed by atoms with E-state index in [1.165, 1.54) is 11.1 Å². The van der Waals surface area contributed by atoms with Crippen molar-refractivity contribution in [3.8, 4) is 5.75 Å². The number of carbonyl (C=O) groups excluding carboxylic acids is 1. The minimum atomic E-state index is 0.178. The Morgan fingerprint density at radius 1 is 1.09 bits per heavy atom. The molecule has 124 valence electrons. The molecular weight excluding hydrogens is 272 g/mol. The monoisotopic (exact) mass is 304 g/mol. The van der Waals surface area contributed by atoms with Crippen molar-refractivity contribution in [2.75, 3.05) is 6.61 Å². The number of ether oxygens (including phenoxy) is 1. The number of ketones is 1. The SMILES string of the molecule is Cc1ccc(OCC(C)C)cc1CCCCCC(=O)C(C)C. The number of benzene rings is 1. The second-order valence-corrected chi connectivity index (χ2v) is 6.97. The quantitative estimate of drug-likeness (QED) is 0.544. The lowest BCUT2D eigenvalue weighted by molar-refractivity contribution is -0.122. The van der Waals surface area contributed by atoms with E-state index in [1.807, 2.05) is 13.8 Å². The molecule has 0 aliphatic rings. The molecule has 22 heavy (non-hydrogen) atoms. The van der Waals surface area contributed by atoms with Gasteiger partial charge < -0.3 is 4.74 Å². The minimum absolute atomic E-state index is 0.178. The van der Waals surface area contributed by atoms with Crippen molar-refractivity contribution in [2.45, 2.75) is 66.7 Å². The average Bonchev–Trinajstić information content (AvgIpc) is 2.46. The zero-order valence-corrected chi connectivity index (χ0v) is 14.9. The molecule has 0 spiro atoms. The van der Waals surface area contributed by atoms with Gasteiger partial charge in [-0.3, -0.25) is 4.79 Å². The first-order valence-corrected chi connectivity index (χ1v) is 8.65. The summed E-state index contributed by atoms with van der Waals surface area (Å²) in [7, 11) is 0. The fraction of sp³-hybridized carbons (Fsp3) is 0.650. The molecule has 0 saturated carbocycles. The Hall–Kier alpha value is -1.31. The lowest BCUT2D eigenvalue weighted by Crippen LogP contribution is -2.06. The molecule has 0 saturated heterocycles. The predicted molar refractivity (Wildman–Crippen MR) is 93.5 cm³/mol. The van der Waals surface area contributed by atoms with Crippen molar-refractivity contribution in [1.29, 1.82) is 0 Å². The van der Waals surface area contributed by atoms with Crippen LogP contribution >= 0.6 is 0 Å². The van der Waals surface area contributed by atoms with Crippen LogP contribution in [0.1, 0.15) is 64.5 Å². The van der Waals surface area contributed by atoms with Gasteiger partial charge in [0.1, 0.15) is 11.5 Å². The Morgan fingerprint density at radius 2 is 1.82 bits per heavy atom. The van der Waals surface area contributed by atoms with Gasteiger partial charge in [0, 0.05) is 12.3 Å². The molecule has 0 amide bonds. The van der Waals surface area contributed by atoms with Crippen LogP contribution in [0.5, 0.6) is 5.75 Å². The van der Waals surface area contributed by atoms with Crippen molar-refractivity contribution in [3.63, 3.8) is 0 Å². The fourth-order valence-corrected chi connectivity index (χ4v) is 2.35. The fourth-order valence-electron chi connectivity index (χ4n) is 2.35. The van der Waals surface area contributed by atoms with Gasteiger partial charge in [0.2, 0.25) is 0 Å². The van der Waals surface area contributed by atoms with Crippen molar-refractivity contribution >= 4 is 5.78 Å². The lowest BCUT2D eigenvalue weighted by atomic mass is 9.99. The Balaban J connectivity index is 2.38. The highest BCUT2D eigenvalue weighted by molar-refractivity contribution is 5.80. The Kier molecular flexibility index (Phi) is 8.22. The summed E-state index contributed by atoms with van der Waals surface area (Å²) in [5.74, 6) is 2.09. The number of hydrogen-bond donors (Lipinski definition) is 0. The first-order valence-electron chi connectivity index (χ1n) is 8.65. The van der Waals surface area contributed by atoms with E-state index in [0.717, 1.165) is 44.5 Å². The van der Waals surface area contributed by atoms with E-state index in [4.69, 9.17) is 4.74 Å². The van der Waals surface area contributed by atoms with Crippen LogP contribution in [0.4, 0.5) is 0 Å². The van der Waals surface area contributed by atoms with Gasteiger partial charge in [-0.2, -0.15) is 0 Å². The van der Waals surface area contributed by atoms with Crippen LogP contribution in [0.25, 0.3) is 0 Å². The third kappa shape index (κ3) is 7.11. The topological polar surface area (TPSA) is 26.3 Å². The minimum Gasteiger partial charge on any atom is -0.493 e. The summed E-state index contributed by atoms with van der Waals surface area (Å²) in [5, 5.41) is 0. The highest BCUT2D eigenvalue weighted by Gasteiger charge is 2.07. The summed E-state index contributed by atoms with van der Waals surface area (Å²) >= 11 is 0. The van der Waals surface area contributed by atoms with Crippen LogP contribution in [0, 0.1) is 18.8 Å². The van der Waals surface area contributed by atoms with E-state index in [1.54, 1.807) is 0 Å². The third-order valence-electron chi connectivity index (χ3n) is 3.92. The zero-order chi connectivity index (χ0) is 16.5. The van der Waals surface area contributed by atoms with E-state index in [0.29, 0.717) is 11.7 Å². The van der Waals surface area contributed by atoms with Crippen LogP contribution in [0.2, 0.25) is 0 Å². The molecule has 0 fully saturated rings. The van der Waals surface area contributed by atoms with Crippen molar-refractivity contribution in [1.82, 2.24) is 0 Å². The summed E-state index contributed by atoms with van der Waals surface area (Å²) in [6.45, 7) is 11.2. The first kappa shape index (κ1) is 18.7. The molecule has 0 aliphatic heterocycles. The summed E-state index contributed by atoms with van der Waals surface area (Å²) in [4.78, 5) is 11.6. The molecule has 2 heteroatoms. The van der Waals surface area contributed by atoms with Crippen molar-refractivity contribution in [3.05, 3.63) is 29.3 Å². The van der Waals surface area contributed by atoms with E-state index >= 15 is 0 Å². The maximum Gasteiger partial charge on any atom is 0.135 e. The number of rotatable bonds is 10. The maximum absolute atomic E-state index is 11.6. The molecule has 1 rings (SSSR count). The van der Waals surface area contributed by atoms with Crippen LogP contribution in [-0.2, 0) is 11.2 Å². The standard InChI is InChI=1S/C20H32O2/c1-15(2)14-22-19-12-11-17(5)18(13-19)9-7-6-8-10-20(21)16(3)4/h11-13,15-16H,6-10,14H2,1-5H3. The number of hydrogen-bond acceptors (Lipinski definition) is 2. The van der Waals surface area contributed by atoms with Gasteiger partial charge in [-0.25, -0.2) is 0 Å². The lowest BCUT2D eigenvalue weighted by Gasteiger charge is -2.12. The molecule has 1 aromatic rings. The molecule has 0 bridgehead atoms. The molecule has 0 heterocycles. The smallest absolute Gasteiger partial charge is 0.135 e. The largest absolute Gasteiger partial charge is 0.493 e. The van der Waals surface area contributed by atoms with E-state index in [-0.39, 0.29) is 5.92 Å². The molecule has 0 N–H and O–H groups in total. The second kappa shape index (κ2) is 9.66.